The van der Waals surface area contributed by atoms with Crippen LogP contribution in [0.15, 0.2) is 29.2 Å². The SMILES string of the molecule is CCC(=O)N1CCCC1c1ccc(S(=O)(=O)NC)cc1. The minimum absolute atomic E-state index is 0.0776. The summed E-state index contributed by atoms with van der Waals surface area (Å²) in [5.41, 5.74) is 0.999. The zero-order chi connectivity index (χ0) is 14.8. The van der Waals surface area contributed by atoms with Crippen LogP contribution in [0.1, 0.15) is 37.8 Å². The minimum Gasteiger partial charge on any atom is -0.336 e. The number of hydrogen-bond acceptors (Lipinski definition) is 3. The molecular weight excluding hydrogens is 276 g/mol. The van der Waals surface area contributed by atoms with Crippen molar-refractivity contribution in [1.29, 1.82) is 0 Å². The van der Waals surface area contributed by atoms with E-state index in [-0.39, 0.29) is 16.8 Å². The predicted molar refractivity (Wildman–Crippen MR) is 76.7 cm³/mol. The van der Waals surface area contributed by atoms with E-state index in [1.807, 2.05) is 11.8 Å². The van der Waals surface area contributed by atoms with Gasteiger partial charge < -0.3 is 4.90 Å². The van der Waals surface area contributed by atoms with E-state index < -0.39 is 10.0 Å². The Bertz CT molecular complexity index is 581. The van der Waals surface area contributed by atoms with Crippen LogP contribution in [0.25, 0.3) is 0 Å². The fourth-order valence-electron chi connectivity index (χ4n) is 2.60. The summed E-state index contributed by atoms with van der Waals surface area (Å²) in [5, 5.41) is 0. The van der Waals surface area contributed by atoms with Crippen LogP contribution in [0, 0.1) is 0 Å². The molecule has 1 N–H and O–H groups in total. The van der Waals surface area contributed by atoms with Crippen molar-refractivity contribution in [2.45, 2.75) is 37.1 Å². The molecule has 0 radical (unpaired) electrons. The summed E-state index contributed by atoms with van der Waals surface area (Å²) in [6, 6.07) is 6.86. The van der Waals surface area contributed by atoms with Gasteiger partial charge in [0.15, 0.2) is 0 Å². The topological polar surface area (TPSA) is 66.5 Å². The van der Waals surface area contributed by atoms with Crippen LogP contribution in [-0.4, -0.2) is 32.8 Å². The average Bonchev–Trinajstić information content (AvgIpc) is 2.96. The Hall–Kier alpha value is -1.40. The summed E-state index contributed by atoms with van der Waals surface area (Å²) < 4.78 is 25.6. The second-order valence-electron chi connectivity index (χ2n) is 4.88. The van der Waals surface area contributed by atoms with Gasteiger partial charge in [0.05, 0.1) is 10.9 Å². The predicted octanol–water partition coefficient (Wildman–Crippen LogP) is 1.67. The van der Waals surface area contributed by atoms with E-state index >= 15 is 0 Å². The lowest BCUT2D eigenvalue weighted by Crippen LogP contribution is -2.29. The molecule has 5 nitrogen and oxygen atoms in total. The zero-order valence-corrected chi connectivity index (χ0v) is 12.6. The molecule has 0 aliphatic carbocycles. The molecule has 1 aliphatic heterocycles. The van der Waals surface area contributed by atoms with Crippen LogP contribution in [0.2, 0.25) is 0 Å². The lowest BCUT2D eigenvalue weighted by Gasteiger charge is -2.24. The number of rotatable bonds is 4. The number of carbonyl (C=O) groups excluding carboxylic acids is 1. The summed E-state index contributed by atoms with van der Waals surface area (Å²) in [7, 11) is -2.01. The molecule has 110 valence electrons. The number of carbonyl (C=O) groups is 1. The van der Waals surface area contributed by atoms with Gasteiger partial charge in [-0.25, -0.2) is 13.1 Å². The van der Waals surface area contributed by atoms with E-state index in [0.717, 1.165) is 24.9 Å². The normalized spacial score (nSPS) is 19.3. The van der Waals surface area contributed by atoms with Crippen molar-refractivity contribution in [2.24, 2.45) is 0 Å². The van der Waals surface area contributed by atoms with Crippen molar-refractivity contribution in [3.63, 3.8) is 0 Å². The Kier molecular flexibility index (Phi) is 4.45. The van der Waals surface area contributed by atoms with E-state index in [4.69, 9.17) is 0 Å². The highest BCUT2D eigenvalue weighted by atomic mass is 32.2. The lowest BCUT2D eigenvalue weighted by atomic mass is 10.0. The van der Waals surface area contributed by atoms with Crippen molar-refractivity contribution in [1.82, 2.24) is 9.62 Å². The van der Waals surface area contributed by atoms with Gasteiger partial charge in [0.25, 0.3) is 0 Å². The summed E-state index contributed by atoms with van der Waals surface area (Å²) >= 11 is 0. The maximum Gasteiger partial charge on any atom is 0.240 e. The molecule has 0 spiro atoms. The van der Waals surface area contributed by atoms with Crippen LogP contribution < -0.4 is 4.72 Å². The number of hydrogen-bond donors (Lipinski definition) is 1. The molecule has 1 aromatic rings. The summed E-state index contributed by atoms with van der Waals surface area (Å²) in [6.45, 7) is 2.65. The molecule has 20 heavy (non-hydrogen) atoms. The van der Waals surface area contributed by atoms with Gasteiger partial charge in [-0.05, 0) is 37.6 Å². The van der Waals surface area contributed by atoms with E-state index in [0.29, 0.717) is 6.42 Å². The lowest BCUT2D eigenvalue weighted by molar-refractivity contribution is -0.131. The first-order valence-electron chi connectivity index (χ1n) is 6.82. The molecule has 0 aromatic heterocycles. The minimum atomic E-state index is -3.40. The van der Waals surface area contributed by atoms with Crippen molar-refractivity contribution >= 4 is 15.9 Å². The number of nitrogens with zero attached hydrogens (tertiary/aromatic N) is 1. The van der Waals surface area contributed by atoms with Gasteiger partial charge >= 0.3 is 0 Å². The van der Waals surface area contributed by atoms with Crippen LogP contribution in [0.4, 0.5) is 0 Å². The van der Waals surface area contributed by atoms with Gasteiger partial charge in [-0.1, -0.05) is 19.1 Å². The quantitative estimate of drug-likeness (QED) is 0.919. The van der Waals surface area contributed by atoms with Gasteiger partial charge in [0.1, 0.15) is 0 Å². The summed E-state index contributed by atoms with van der Waals surface area (Å²) in [4.78, 5) is 14.0. The van der Waals surface area contributed by atoms with Crippen LogP contribution in [0.5, 0.6) is 0 Å². The van der Waals surface area contributed by atoms with Crippen LogP contribution >= 0.6 is 0 Å². The third-order valence-corrected chi connectivity index (χ3v) is 5.15. The fourth-order valence-corrected chi connectivity index (χ4v) is 3.33. The van der Waals surface area contributed by atoms with E-state index in [9.17, 15) is 13.2 Å². The van der Waals surface area contributed by atoms with Crippen molar-refractivity contribution < 1.29 is 13.2 Å². The highest BCUT2D eigenvalue weighted by molar-refractivity contribution is 7.89. The second kappa shape index (κ2) is 5.93. The van der Waals surface area contributed by atoms with Crippen molar-refractivity contribution in [3.8, 4) is 0 Å². The molecule has 1 atom stereocenters. The van der Waals surface area contributed by atoms with Crippen molar-refractivity contribution in [3.05, 3.63) is 29.8 Å². The Balaban J connectivity index is 2.24. The van der Waals surface area contributed by atoms with Gasteiger partial charge in [0.2, 0.25) is 15.9 Å². The largest absolute Gasteiger partial charge is 0.336 e. The number of likely N-dealkylation sites (tertiary alicyclic amines) is 1. The monoisotopic (exact) mass is 296 g/mol. The number of benzene rings is 1. The molecule has 1 heterocycles. The molecule has 0 bridgehead atoms. The van der Waals surface area contributed by atoms with E-state index in [1.54, 1.807) is 24.3 Å². The molecule has 6 heteroatoms. The smallest absolute Gasteiger partial charge is 0.240 e. The number of amides is 1. The van der Waals surface area contributed by atoms with Crippen molar-refractivity contribution in [2.75, 3.05) is 13.6 Å². The Labute approximate surface area is 120 Å². The number of nitrogens with one attached hydrogen (secondary N) is 1. The molecule has 2 rings (SSSR count). The Morgan fingerprint density at radius 3 is 2.55 bits per heavy atom. The molecule has 0 saturated carbocycles. The molecule has 1 aliphatic rings. The van der Waals surface area contributed by atoms with Gasteiger partial charge in [-0.15, -0.1) is 0 Å². The summed E-state index contributed by atoms with van der Waals surface area (Å²) in [6.07, 6.45) is 2.43. The maximum atomic E-state index is 11.9. The fraction of sp³-hybridized carbons (Fsp3) is 0.500. The maximum absolute atomic E-state index is 11.9. The standard InChI is InChI=1S/C14H20N2O3S/c1-3-14(17)16-10-4-5-13(16)11-6-8-12(9-7-11)20(18,19)15-2/h6-9,13,15H,3-5,10H2,1-2H3. The first-order chi connectivity index (χ1) is 9.49. The molecule has 1 fully saturated rings. The van der Waals surface area contributed by atoms with E-state index in [2.05, 4.69) is 4.72 Å². The molecule has 1 amide bonds. The molecule has 1 aromatic carbocycles. The molecule has 1 unspecified atom stereocenters. The second-order valence-corrected chi connectivity index (χ2v) is 6.76. The van der Waals surface area contributed by atoms with Gasteiger partial charge in [-0.3, -0.25) is 4.79 Å². The third-order valence-electron chi connectivity index (χ3n) is 3.72. The molecule has 1 saturated heterocycles. The Morgan fingerprint density at radius 2 is 2.00 bits per heavy atom. The molecular formula is C14H20N2O3S. The zero-order valence-electron chi connectivity index (χ0n) is 11.8. The van der Waals surface area contributed by atoms with E-state index in [1.165, 1.54) is 7.05 Å². The Morgan fingerprint density at radius 1 is 1.35 bits per heavy atom. The highest BCUT2D eigenvalue weighted by Crippen LogP contribution is 2.32. The first kappa shape index (κ1) is 15.0. The van der Waals surface area contributed by atoms with Crippen LogP contribution in [-0.2, 0) is 14.8 Å². The third kappa shape index (κ3) is 2.86. The van der Waals surface area contributed by atoms with Gasteiger partial charge in [0, 0.05) is 13.0 Å². The average molecular weight is 296 g/mol. The summed E-state index contributed by atoms with van der Waals surface area (Å²) in [5.74, 6) is 0.152. The van der Waals surface area contributed by atoms with Crippen LogP contribution in [0.3, 0.4) is 0 Å². The van der Waals surface area contributed by atoms with Gasteiger partial charge in [-0.2, -0.15) is 0 Å². The highest BCUT2D eigenvalue weighted by Gasteiger charge is 2.29. The number of sulfonamides is 1. The first-order valence-corrected chi connectivity index (χ1v) is 8.31.